The van der Waals surface area contributed by atoms with Gasteiger partial charge in [-0.1, -0.05) is 25.5 Å². The number of phenols is 1. The summed E-state index contributed by atoms with van der Waals surface area (Å²) in [6.45, 7) is 6.63. The van der Waals surface area contributed by atoms with E-state index in [1.54, 1.807) is 12.1 Å². The van der Waals surface area contributed by atoms with E-state index in [1.165, 1.54) is 6.42 Å². The fourth-order valence-corrected chi connectivity index (χ4v) is 1.50. The molecule has 1 rings (SSSR count). The highest BCUT2D eigenvalue weighted by molar-refractivity contribution is 5.79. The molecule has 4 nitrogen and oxygen atoms in total. The zero-order valence-corrected chi connectivity index (χ0v) is 11.2. The summed E-state index contributed by atoms with van der Waals surface area (Å²) in [7, 11) is 0. The van der Waals surface area contributed by atoms with E-state index in [0.29, 0.717) is 6.54 Å². The average molecular weight is 249 g/mol. The maximum absolute atomic E-state index is 9.20. The van der Waals surface area contributed by atoms with Gasteiger partial charge in [-0.15, -0.1) is 0 Å². The number of phenolic OH excluding ortho intramolecular Hbond substituents is 1. The molecule has 100 valence electrons. The molecule has 4 heteroatoms. The van der Waals surface area contributed by atoms with Gasteiger partial charge in [0, 0.05) is 13.1 Å². The predicted molar refractivity (Wildman–Crippen MR) is 75.8 cm³/mol. The predicted octanol–water partition coefficient (Wildman–Crippen LogP) is 2.25. The molecule has 0 aliphatic heterocycles. The second kappa shape index (κ2) is 8.39. The lowest BCUT2D eigenvalue weighted by Crippen LogP contribution is -2.37. The summed E-state index contributed by atoms with van der Waals surface area (Å²) in [4.78, 5) is 4.50. The third-order valence-electron chi connectivity index (χ3n) is 2.52. The van der Waals surface area contributed by atoms with E-state index in [0.717, 1.165) is 31.0 Å². The minimum absolute atomic E-state index is 0.288. The van der Waals surface area contributed by atoms with Gasteiger partial charge in [0.2, 0.25) is 0 Å². The first-order valence-corrected chi connectivity index (χ1v) is 6.56. The second-order valence-corrected chi connectivity index (χ2v) is 4.14. The quantitative estimate of drug-likeness (QED) is 0.412. The van der Waals surface area contributed by atoms with Gasteiger partial charge in [-0.05, 0) is 31.0 Å². The molecule has 0 unspecified atom stereocenters. The minimum Gasteiger partial charge on any atom is -0.508 e. The van der Waals surface area contributed by atoms with E-state index < -0.39 is 0 Å². The summed E-state index contributed by atoms with van der Waals surface area (Å²) in [6, 6.07) is 7.13. The summed E-state index contributed by atoms with van der Waals surface area (Å²) in [5.41, 5.74) is 1.08. The van der Waals surface area contributed by atoms with Crippen molar-refractivity contribution in [3.8, 4) is 5.75 Å². The SMILES string of the molecule is CCCCNC(=NCc1ccc(O)cc1)NCC. The van der Waals surface area contributed by atoms with E-state index in [4.69, 9.17) is 0 Å². The van der Waals surface area contributed by atoms with Crippen molar-refractivity contribution in [2.24, 2.45) is 4.99 Å². The van der Waals surface area contributed by atoms with Crippen LogP contribution in [0.4, 0.5) is 0 Å². The number of guanidine groups is 1. The van der Waals surface area contributed by atoms with Crippen molar-refractivity contribution >= 4 is 5.96 Å². The number of aliphatic imine (C=N–C) groups is 1. The highest BCUT2D eigenvalue weighted by atomic mass is 16.3. The maximum Gasteiger partial charge on any atom is 0.191 e. The fourth-order valence-electron chi connectivity index (χ4n) is 1.50. The largest absolute Gasteiger partial charge is 0.508 e. The van der Waals surface area contributed by atoms with Crippen LogP contribution < -0.4 is 10.6 Å². The molecule has 0 spiro atoms. The molecule has 0 saturated heterocycles. The molecule has 0 amide bonds. The molecule has 0 fully saturated rings. The molecule has 1 aromatic rings. The van der Waals surface area contributed by atoms with E-state index in [2.05, 4.69) is 29.5 Å². The summed E-state index contributed by atoms with van der Waals surface area (Å²) in [6.07, 6.45) is 2.31. The number of rotatable bonds is 6. The molecule has 0 saturated carbocycles. The lowest BCUT2D eigenvalue weighted by molar-refractivity contribution is 0.475. The lowest BCUT2D eigenvalue weighted by atomic mass is 10.2. The Morgan fingerprint density at radius 1 is 1.17 bits per heavy atom. The van der Waals surface area contributed by atoms with E-state index in [9.17, 15) is 5.11 Å². The molecular formula is C14H23N3O. The van der Waals surface area contributed by atoms with Crippen LogP contribution >= 0.6 is 0 Å². The van der Waals surface area contributed by atoms with Crippen LogP contribution in [0.25, 0.3) is 0 Å². The van der Waals surface area contributed by atoms with Gasteiger partial charge in [0.25, 0.3) is 0 Å². The van der Waals surface area contributed by atoms with E-state index >= 15 is 0 Å². The van der Waals surface area contributed by atoms with E-state index in [-0.39, 0.29) is 5.75 Å². The van der Waals surface area contributed by atoms with Crippen molar-refractivity contribution in [3.05, 3.63) is 29.8 Å². The first-order chi connectivity index (χ1) is 8.76. The van der Waals surface area contributed by atoms with Crippen LogP contribution in [0, 0.1) is 0 Å². The third-order valence-corrected chi connectivity index (χ3v) is 2.52. The first-order valence-electron chi connectivity index (χ1n) is 6.56. The number of aromatic hydroxyl groups is 1. The molecule has 18 heavy (non-hydrogen) atoms. The Kier molecular flexibility index (Phi) is 6.69. The summed E-state index contributed by atoms with van der Waals surface area (Å²) in [5.74, 6) is 1.13. The van der Waals surface area contributed by atoms with Gasteiger partial charge >= 0.3 is 0 Å². The minimum atomic E-state index is 0.288. The van der Waals surface area contributed by atoms with Crippen LogP contribution in [0.1, 0.15) is 32.3 Å². The Balaban J connectivity index is 2.50. The third kappa shape index (κ3) is 5.57. The number of unbranched alkanes of at least 4 members (excludes halogenated alkanes) is 1. The summed E-state index contributed by atoms with van der Waals surface area (Å²) < 4.78 is 0. The molecule has 0 heterocycles. The van der Waals surface area contributed by atoms with Crippen molar-refractivity contribution in [2.75, 3.05) is 13.1 Å². The average Bonchev–Trinajstić information content (AvgIpc) is 2.38. The monoisotopic (exact) mass is 249 g/mol. The van der Waals surface area contributed by atoms with Gasteiger partial charge < -0.3 is 15.7 Å². The summed E-state index contributed by atoms with van der Waals surface area (Å²) in [5, 5.41) is 15.7. The lowest BCUT2D eigenvalue weighted by Gasteiger charge is -2.10. The highest BCUT2D eigenvalue weighted by Crippen LogP contribution is 2.10. The maximum atomic E-state index is 9.20. The van der Waals surface area contributed by atoms with Crippen molar-refractivity contribution in [2.45, 2.75) is 33.2 Å². The number of hydrogen-bond acceptors (Lipinski definition) is 2. The van der Waals surface area contributed by atoms with Gasteiger partial charge in [-0.2, -0.15) is 0 Å². The zero-order valence-electron chi connectivity index (χ0n) is 11.2. The molecular weight excluding hydrogens is 226 g/mol. The Morgan fingerprint density at radius 2 is 1.89 bits per heavy atom. The smallest absolute Gasteiger partial charge is 0.191 e. The number of benzene rings is 1. The standard InChI is InChI=1S/C14H23N3O/c1-3-5-10-16-14(15-4-2)17-11-12-6-8-13(18)9-7-12/h6-9,18H,3-5,10-11H2,1-2H3,(H2,15,16,17). The van der Waals surface area contributed by atoms with E-state index in [1.807, 2.05) is 12.1 Å². The molecule has 0 atom stereocenters. The topological polar surface area (TPSA) is 56.7 Å². The molecule has 0 bridgehead atoms. The molecule has 1 aromatic carbocycles. The molecule has 0 aromatic heterocycles. The van der Waals surface area contributed by atoms with Crippen LogP contribution in [-0.2, 0) is 6.54 Å². The van der Waals surface area contributed by atoms with Crippen molar-refractivity contribution in [1.29, 1.82) is 0 Å². The number of hydrogen-bond donors (Lipinski definition) is 3. The van der Waals surface area contributed by atoms with Gasteiger partial charge in [0.05, 0.1) is 6.54 Å². The highest BCUT2D eigenvalue weighted by Gasteiger charge is 1.97. The van der Waals surface area contributed by atoms with Gasteiger partial charge in [0.1, 0.15) is 5.75 Å². The molecule has 3 N–H and O–H groups in total. The molecule has 0 radical (unpaired) electrons. The van der Waals surface area contributed by atoms with Crippen molar-refractivity contribution < 1.29 is 5.11 Å². The Labute approximate surface area is 109 Å². The Hall–Kier alpha value is -1.71. The Morgan fingerprint density at radius 3 is 2.50 bits per heavy atom. The molecule has 0 aliphatic carbocycles. The van der Waals surface area contributed by atoms with Crippen LogP contribution in [0.15, 0.2) is 29.3 Å². The van der Waals surface area contributed by atoms with Crippen LogP contribution in [-0.4, -0.2) is 24.2 Å². The normalized spacial score (nSPS) is 11.3. The second-order valence-electron chi connectivity index (χ2n) is 4.14. The van der Waals surface area contributed by atoms with Crippen LogP contribution in [0.3, 0.4) is 0 Å². The Bertz CT molecular complexity index is 360. The van der Waals surface area contributed by atoms with Crippen LogP contribution in [0.2, 0.25) is 0 Å². The first kappa shape index (κ1) is 14.4. The number of nitrogens with zero attached hydrogens (tertiary/aromatic N) is 1. The van der Waals surface area contributed by atoms with Gasteiger partial charge in [-0.3, -0.25) is 0 Å². The van der Waals surface area contributed by atoms with Crippen molar-refractivity contribution in [3.63, 3.8) is 0 Å². The molecule has 0 aliphatic rings. The van der Waals surface area contributed by atoms with Crippen LogP contribution in [0.5, 0.6) is 5.75 Å². The zero-order chi connectivity index (χ0) is 13.2. The fraction of sp³-hybridized carbons (Fsp3) is 0.500. The van der Waals surface area contributed by atoms with Gasteiger partial charge in [0.15, 0.2) is 5.96 Å². The van der Waals surface area contributed by atoms with Crippen molar-refractivity contribution in [1.82, 2.24) is 10.6 Å². The van der Waals surface area contributed by atoms with Gasteiger partial charge in [-0.25, -0.2) is 4.99 Å². The summed E-state index contributed by atoms with van der Waals surface area (Å²) >= 11 is 0. The number of nitrogens with one attached hydrogen (secondary N) is 2.